The lowest BCUT2D eigenvalue weighted by Crippen LogP contribution is -2.52. The maximum absolute atomic E-state index is 14.0. The summed E-state index contributed by atoms with van der Waals surface area (Å²) in [5.74, 6) is -0.379. The molecule has 226 valence electrons. The fourth-order valence-electron chi connectivity index (χ4n) is 5.06. The number of benzene rings is 3. The molecule has 42 heavy (non-hydrogen) atoms. The molecule has 0 heterocycles. The highest BCUT2D eigenvalue weighted by Gasteiger charge is 2.31. The summed E-state index contributed by atoms with van der Waals surface area (Å²) in [5, 5.41) is 3.09. The molecule has 2 amide bonds. The van der Waals surface area contributed by atoms with Crippen molar-refractivity contribution < 1.29 is 18.0 Å². The number of nitrogens with one attached hydrogen (secondary N) is 1. The van der Waals surface area contributed by atoms with Crippen LogP contribution in [0, 0.1) is 20.8 Å². The van der Waals surface area contributed by atoms with Crippen LogP contribution in [-0.4, -0.2) is 50.0 Å². The van der Waals surface area contributed by atoms with Gasteiger partial charge in [0, 0.05) is 32.0 Å². The van der Waals surface area contributed by atoms with E-state index in [1.807, 2.05) is 107 Å². The third-order valence-electron chi connectivity index (χ3n) is 7.52. The van der Waals surface area contributed by atoms with Gasteiger partial charge in [0.05, 0.1) is 11.9 Å². The predicted molar refractivity (Wildman–Crippen MR) is 171 cm³/mol. The van der Waals surface area contributed by atoms with Crippen molar-refractivity contribution in [1.29, 1.82) is 0 Å². The van der Waals surface area contributed by atoms with Crippen molar-refractivity contribution in [1.82, 2.24) is 10.2 Å². The smallest absolute Gasteiger partial charge is 0.243 e. The molecule has 0 spiro atoms. The minimum Gasteiger partial charge on any atom is -0.352 e. The van der Waals surface area contributed by atoms with E-state index in [1.165, 1.54) is 10.6 Å². The topological polar surface area (TPSA) is 86.8 Å². The van der Waals surface area contributed by atoms with Gasteiger partial charge in [0.1, 0.15) is 6.04 Å². The van der Waals surface area contributed by atoms with E-state index in [-0.39, 0.29) is 37.4 Å². The van der Waals surface area contributed by atoms with Gasteiger partial charge in [-0.1, -0.05) is 67.6 Å². The van der Waals surface area contributed by atoms with Gasteiger partial charge in [-0.3, -0.25) is 13.9 Å². The number of hydrogen-bond donors (Lipinski definition) is 1. The Morgan fingerprint density at radius 1 is 0.905 bits per heavy atom. The Balaban J connectivity index is 1.91. The van der Waals surface area contributed by atoms with Gasteiger partial charge in [-0.2, -0.15) is 0 Å². The average molecular weight is 592 g/mol. The van der Waals surface area contributed by atoms with E-state index in [2.05, 4.69) is 5.32 Å². The van der Waals surface area contributed by atoms with Gasteiger partial charge in [0.25, 0.3) is 0 Å². The molecular weight excluding hydrogens is 546 g/mol. The van der Waals surface area contributed by atoms with Crippen LogP contribution < -0.4 is 9.62 Å². The molecule has 0 aliphatic heterocycles. The van der Waals surface area contributed by atoms with E-state index in [1.54, 1.807) is 4.90 Å². The predicted octanol–water partition coefficient (Wildman–Crippen LogP) is 5.71. The number of hydrogen-bond acceptors (Lipinski definition) is 4. The van der Waals surface area contributed by atoms with Crippen molar-refractivity contribution in [2.75, 3.05) is 17.1 Å². The molecule has 0 bridgehead atoms. The standard InChI is InChI=1S/C34H45N3O4S/c1-7-28(5)35-34(39)32(23-29-15-9-8-10-16-29)36(24-30-17-12-11-14-27(30)4)33(38)18-13-19-37(42(6,40)41)31-21-25(2)20-26(3)22-31/h8-12,14-17,20-22,28,32H,7,13,18-19,23-24H2,1-6H3,(H,35,39). The number of rotatable bonds is 14. The Hall–Kier alpha value is -3.65. The minimum atomic E-state index is -3.57. The zero-order valence-corrected chi connectivity index (χ0v) is 26.6. The molecule has 2 unspecified atom stereocenters. The lowest BCUT2D eigenvalue weighted by molar-refractivity contribution is -0.141. The first-order chi connectivity index (χ1) is 19.9. The van der Waals surface area contributed by atoms with E-state index in [4.69, 9.17) is 0 Å². The van der Waals surface area contributed by atoms with Gasteiger partial charge in [0.15, 0.2) is 0 Å². The van der Waals surface area contributed by atoms with Crippen molar-refractivity contribution >= 4 is 27.5 Å². The Labute approximate surface area is 252 Å². The normalized spacial score (nSPS) is 12.8. The molecule has 1 N–H and O–H groups in total. The van der Waals surface area contributed by atoms with Gasteiger partial charge < -0.3 is 10.2 Å². The maximum atomic E-state index is 14.0. The maximum Gasteiger partial charge on any atom is 0.243 e. The van der Waals surface area contributed by atoms with Crippen LogP contribution in [0.15, 0.2) is 72.8 Å². The molecule has 7 nitrogen and oxygen atoms in total. The number of aryl methyl sites for hydroxylation is 3. The van der Waals surface area contributed by atoms with Crippen LogP contribution in [0.2, 0.25) is 0 Å². The lowest BCUT2D eigenvalue weighted by Gasteiger charge is -2.33. The van der Waals surface area contributed by atoms with Crippen LogP contribution >= 0.6 is 0 Å². The van der Waals surface area contributed by atoms with Crippen LogP contribution in [0.5, 0.6) is 0 Å². The highest BCUT2D eigenvalue weighted by atomic mass is 32.2. The second-order valence-electron chi connectivity index (χ2n) is 11.3. The summed E-state index contributed by atoms with van der Waals surface area (Å²) < 4.78 is 26.9. The molecule has 3 aromatic rings. The zero-order chi connectivity index (χ0) is 30.9. The summed E-state index contributed by atoms with van der Waals surface area (Å²) in [7, 11) is -3.57. The molecule has 0 aliphatic rings. The molecule has 2 atom stereocenters. The van der Waals surface area contributed by atoms with Crippen LogP contribution in [0.3, 0.4) is 0 Å². The second kappa shape index (κ2) is 15.0. The van der Waals surface area contributed by atoms with Crippen molar-refractivity contribution in [3.63, 3.8) is 0 Å². The summed E-state index contributed by atoms with van der Waals surface area (Å²) in [6.45, 7) is 10.3. The van der Waals surface area contributed by atoms with Crippen LogP contribution in [0.25, 0.3) is 0 Å². The summed E-state index contributed by atoms with van der Waals surface area (Å²) in [5.41, 5.74) is 5.49. The number of carbonyl (C=O) groups excluding carboxylic acids is 2. The first-order valence-electron chi connectivity index (χ1n) is 14.6. The third-order valence-corrected chi connectivity index (χ3v) is 8.71. The molecule has 0 saturated carbocycles. The van der Waals surface area contributed by atoms with E-state index in [9.17, 15) is 18.0 Å². The monoisotopic (exact) mass is 591 g/mol. The number of sulfonamides is 1. The van der Waals surface area contributed by atoms with Crippen LogP contribution in [-0.2, 0) is 32.6 Å². The Bertz CT molecular complexity index is 1440. The van der Waals surface area contributed by atoms with Gasteiger partial charge >= 0.3 is 0 Å². The molecular formula is C34H45N3O4S. The fourth-order valence-corrected chi connectivity index (χ4v) is 6.01. The minimum absolute atomic E-state index is 0.0349. The number of carbonyl (C=O) groups is 2. The Morgan fingerprint density at radius 2 is 1.52 bits per heavy atom. The molecule has 0 aliphatic carbocycles. The molecule has 8 heteroatoms. The van der Waals surface area contributed by atoms with Gasteiger partial charge in [0.2, 0.25) is 21.8 Å². The highest BCUT2D eigenvalue weighted by molar-refractivity contribution is 7.92. The molecule has 3 rings (SSSR count). The van der Waals surface area contributed by atoms with E-state index in [0.717, 1.165) is 34.2 Å². The molecule has 0 aromatic heterocycles. The summed E-state index contributed by atoms with van der Waals surface area (Å²) in [6, 6.07) is 22.5. The molecule has 0 saturated heterocycles. The average Bonchev–Trinajstić information content (AvgIpc) is 2.93. The third kappa shape index (κ3) is 9.44. The van der Waals surface area contributed by atoms with Crippen molar-refractivity contribution in [2.24, 2.45) is 0 Å². The summed E-state index contributed by atoms with van der Waals surface area (Å²) in [4.78, 5) is 29.4. The molecule has 0 fully saturated rings. The first-order valence-corrected chi connectivity index (χ1v) is 16.5. The number of nitrogens with zero attached hydrogens (tertiary/aromatic N) is 2. The summed E-state index contributed by atoms with van der Waals surface area (Å²) >= 11 is 0. The lowest BCUT2D eigenvalue weighted by atomic mass is 10.0. The van der Waals surface area contributed by atoms with Crippen molar-refractivity contribution in [3.8, 4) is 0 Å². The van der Waals surface area contributed by atoms with Crippen molar-refractivity contribution in [3.05, 3.63) is 101 Å². The van der Waals surface area contributed by atoms with E-state index in [0.29, 0.717) is 18.5 Å². The SMILES string of the molecule is CCC(C)NC(=O)C(Cc1ccccc1)N(Cc1ccccc1C)C(=O)CCCN(c1cc(C)cc(C)c1)S(C)(=O)=O. The Morgan fingerprint density at radius 3 is 2.12 bits per heavy atom. The first kappa shape index (κ1) is 32.9. The van der Waals surface area contributed by atoms with Gasteiger partial charge in [-0.25, -0.2) is 8.42 Å². The quantitative estimate of drug-likeness (QED) is 0.260. The zero-order valence-electron chi connectivity index (χ0n) is 25.8. The van der Waals surface area contributed by atoms with Gasteiger partial charge in [-0.05, 0) is 80.5 Å². The van der Waals surface area contributed by atoms with Gasteiger partial charge in [-0.15, -0.1) is 0 Å². The van der Waals surface area contributed by atoms with Crippen LogP contribution in [0.1, 0.15) is 60.9 Å². The summed E-state index contributed by atoms with van der Waals surface area (Å²) in [6.07, 6.45) is 2.75. The van der Waals surface area contributed by atoms with Crippen LogP contribution in [0.4, 0.5) is 5.69 Å². The van der Waals surface area contributed by atoms with Crippen molar-refractivity contribution in [2.45, 2.75) is 78.9 Å². The molecule has 0 radical (unpaired) electrons. The van der Waals surface area contributed by atoms with E-state index < -0.39 is 16.1 Å². The molecule has 3 aromatic carbocycles. The Kier molecular flexibility index (Phi) is 11.7. The highest BCUT2D eigenvalue weighted by Crippen LogP contribution is 2.23. The number of amides is 2. The fraction of sp³-hybridized carbons (Fsp3) is 0.412. The number of anilines is 1. The van der Waals surface area contributed by atoms with E-state index >= 15 is 0 Å². The largest absolute Gasteiger partial charge is 0.352 e. The second-order valence-corrected chi connectivity index (χ2v) is 13.2.